The van der Waals surface area contributed by atoms with Gasteiger partial charge in [0.05, 0.1) is 17.6 Å². The highest BCUT2D eigenvalue weighted by atomic mass is 19.1. The topological polar surface area (TPSA) is 67.7 Å². The summed E-state index contributed by atoms with van der Waals surface area (Å²) in [7, 11) is 1.75. The molecule has 2 N–H and O–H groups in total. The number of halogens is 1. The molecule has 2 aromatic heterocycles. The maximum atomic E-state index is 14.0. The van der Waals surface area contributed by atoms with Gasteiger partial charge in [-0.1, -0.05) is 30.3 Å². The minimum absolute atomic E-state index is 0.344. The third-order valence-electron chi connectivity index (χ3n) is 3.76. The number of anilines is 3. The van der Waals surface area contributed by atoms with E-state index in [1.54, 1.807) is 31.4 Å². The molecule has 0 saturated heterocycles. The van der Waals surface area contributed by atoms with Crippen LogP contribution in [0.25, 0.3) is 16.9 Å². The average Bonchev–Trinajstić information content (AvgIpc) is 3.01. The number of imidazole rings is 1. The molecule has 0 aliphatic rings. The Bertz CT molecular complexity index is 1030. The minimum Gasteiger partial charge on any atom is -0.357 e. The van der Waals surface area contributed by atoms with Crippen LogP contribution in [0.15, 0.2) is 60.8 Å². The van der Waals surface area contributed by atoms with Crippen LogP contribution in [-0.2, 0) is 0 Å². The monoisotopic (exact) mass is 334 g/mol. The van der Waals surface area contributed by atoms with Gasteiger partial charge in [0.25, 0.3) is 0 Å². The molecule has 0 unspecified atom stereocenters. The molecule has 4 aromatic rings. The molecule has 0 aliphatic heterocycles. The number of rotatable bonds is 4. The molecule has 7 heteroatoms. The van der Waals surface area contributed by atoms with E-state index in [-0.39, 0.29) is 5.82 Å². The van der Waals surface area contributed by atoms with Gasteiger partial charge in [0.15, 0.2) is 5.65 Å². The molecule has 2 aromatic carbocycles. The van der Waals surface area contributed by atoms with Crippen LogP contribution in [-0.4, -0.2) is 26.6 Å². The molecule has 0 aliphatic carbocycles. The van der Waals surface area contributed by atoms with E-state index in [2.05, 4.69) is 25.6 Å². The van der Waals surface area contributed by atoms with Crippen LogP contribution in [0.2, 0.25) is 0 Å². The van der Waals surface area contributed by atoms with E-state index in [9.17, 15) is 4.39 Å². The molecule has 6 nitrogen and oxygen atoms in total. The van der Waals surface area contributed by atoms with Gasteiger partial charge in [-0.05, 0) is 24.3 Å². The molecular weight excluding hydrogens is 319 g/mol. The standard InChI is InChI=1S/C18H15FN6/c1-20-17-21-11-15-16(24-17)25(12-7-3-2-4-8-12)18(23-15)22-14-10-6-5-9-13(14)19/h2-11H,1H3,(H,22,23)(H,20,21,24). The molecule has 0 saturated carbocycles. The van der Waals surface area contributed by atoms with Gasteiger partial charge >= 0.3 is 0 Å². The Morgan fingerprint density at radius 1 is 0.960 bits per heavy atom. The fourth-order valence-electron chi connectivity index (χ4n) is 2.58. The maximum Gasteiger partial charge on any atom is 0.224 e. The number of hydrogen-bond donors (Lipinski definition) is 2. The first-order valence-corrected chi connectivity index (χ1v) is 7.76. The summed E-state index contributed by atoms with van der Waals surface area (Å²) in [4.78, 5) is 13.2. The van der Waals surface area contributed by atoms with Crippen LogP contribution in [0.3, 0.4) is 0 Å². The van der Waals surface area contributed by atoms with Crippen molar-refractivity contribution in [3.8, 4) is 5.69 Å². The van der Waals surface area contributed by atoms with Crippen LogP contribution >= 0.6 is 0 Å². The SMILES string of the molecule is CNc1ncc2nc(Nc3ccccc3F)n(-c3ccccc3)c2n1. The van der Waals surface area contributed by atoms with E-state index in [1.807, 2.05) is 34.9 Å². The fraction of sp³-hybridized carbons (Fsp3) is 0.0556. The van der Waals surface area contributed by atoms with Crippen molar-refractivity contribution in [1.29, 1.82) is 0 Å². The summed E-state index contributed by atoms with van der Waals surface area (Å²) in [5, 5.41) is 5.98. The number of nitrogens with zero attached hydrogens (tertiary/aromatic N) is 4. The molecule has 4 rings (SSSR count). The number of nitrogens with one attached hydrogen (secondary N) is 2. The van der Waals surface area contributed by atoms with Crippen molar-refractivity contribution >= 4 is 28.7 Å². The lowest BCUT2D eigenvalue weighted by Crippen LogP contribution is -2.04. The molecule has 0 fully saturated rings. The van der Waals surface area contributed by atoms with E-state index < -0.39 is 0 Å². The summed E-state index contributed by atoms with van der Waals surface area (Å²) in [6.45, 7) is 0. The zero-order valence-electron chi connectivity index (χ0n) is 13.4. The van der Waals surface area contributed by atoms with Crippen molar-refractivity contribution in [2.75, 3.05) is 17.7 Å². The van der Waals surface area contributed by atoms with Crippen molar-refractivity contribution in [1.82, 2.24) is 19.5 Å². The van der Waals surface area contributed by atoms with Gasteiger partial charge in [-0.25, -0.2) is 14.4 Å². The predicted octanol–water partition coefficient (Wildman–Crippen LogP) is 3.74. The van der Waals surface area contributed by atoms with Crippen LogP contribution in [0, 0.1) is 5.82 Å². The van der Waals surface area contributed by atoms with E-state index >= 15 is 0 Å². The van der Waals surface area contributed by atoms with Crippen molar-refractivity contribution < 1.29 is 4.39 Å². The van der Waals surface area contributed by atoms with Crippen LogP contribution in [0.4, 0.5) is 22.0 Å². The molecule has 2 heterocycles. The van der Waals surface area contributed by atoms with E-state index in [1.165, 1.54) is 6.07 Å². The van der Waals surface area contributed by atoms with Gasteiger partial charge in [-0.2, -0.15) is 4.98 Å². The van der Waals surface area contributed by atoms with Gasteiger partial charge in [0.2, 0.25) is 11.9 Å². The van der Waals surface area contributed by atoms with Crippen LogP contribution in [0.5, 0.6) is 0 Å². The van der Waals surface area contributed by atoms with Crippen molar-refractivity contribution in [3.05, 3.63) is 66.6 Å². The first-order valence-electron chi connectivity index (χ1n) is 7.76. The normalized spacial score (nSPS) is 10.8. The predicted molar refractivity (Wildman–Crippen MR) is 95.9 cm³/mol. The zero-order valence-corrected chi connectivity index (χ0v) is 13.4. The molecule has 0 radical (unpaired) electrons. The van der Waals surface area contributed by atoms with Gasteiger partial charge in [-0.3, -0.25) is 4.57 Å². The second kappa shape index (κ2) is 6.20. The van der Waals surface area contributed by atoms with Crippen molar-refractivity contribution in [2.45, 2.75) is 0 Å². The maximum absolute atomic E-state index is 14.0. The van der Waals surface area contributed by atoms with Crippen molar-refractivity contribution in [2.24, 2.45) is 0 Å². The van der Waals surface area contributed by atoms with Gasteiger partial charge in [0.1, 0.15) is 11.3 Å². The number of benzene rings is 2. The number of hydrogen-bond acceptors (Lipinski definition) is 5. The number of para-hydroxylation sites is 2. The second-order valence-electron chi connectivity index (χ2n) is 5.36. The van der Waals surface area contributed by atoms with E-state index in [0.717, 1.165) is 5.69 Å². The summed E-state index contributed by atoms with van der Waals surface area (Å²) >= 11 is 0. The lowest BCUT2D eigenvalue weighted by Gasteiger charge is -2.11. The third kappa shape index (κ3) is 2.76. The Morgan fingerprint density at radius 3 is 2.48 bits per heavy atom. The van der Waals surface area contributed by atoms with Crippen LogP contribution in [0.1, 0.15) is 0 Å². The van der Waals surface area contributed by atoms with Crippen LogP contribution < -0.4 is 10.6 Å². The molecular formula is C18H15FN6. The third-order valence-corrected chi connectivity index (χ3v) is 3.76. The summed E-state index contributed by atoms with van der Waals surface area (Å²) < 4.78 is 15.9. The van der Waals surface area contributed by atoms with Gasteiger partial charge in [-0.15, -0.1) is 0 Å². The average molecular weight is 334 g/mol. The van der Waals surface area contributed by atoms with E-state index in [0.29, 0.717) is 28.7 Å². The minimum atomic E-state index is -0.351. The smallest absolute Gasteiger partial charge is 0.224 e. The largest absolute Gasteiger partial charge is 0.357 e. The molecule has 0 atom stereocenters. The van der Waals surface area contributed by atoms with Crippen molar-refractivity contribution in [3.63, 3.8) is 0 Å². The Morgan fingerprint density at radius 2 is 1.72 bits per heavy atom. The second-order valence-corrected chi connectivity index (χ2v) is 5.36. The molecule has 0 bridgehead atoms. The molecule has 25 heavy (non-hydrogen) atoms. The van der Waals surface area contributed by atoms with Gasteiger partial charge in [0, 0.05) is 7.05 Å². The Hall–Kier alpha value is -3.48. The number of aromatic nitrogens is 4. The lowest BCUT2D eigenvalue weighted by molar-refractivity contribution is 0.631. The summed E-state index contributed by atoms with van der Waals surface area (Å²) in [5.74, 6) is 0.604. The highest BCUT2D eigenvalue weighted by molar-refractivity contribution is 5.79. The Balaban J connectivity index is 1.92. The Kier molecular flexibility index (Phi) is 3.74. The Labute approximate surface area is 143 Å². The number of fused-ring (bicyclic) bond motifs is 1. The molecule has 0 amide bonds. The quantitative estimate of drug-likeness (QED) is 0.595. The highest BCUT2D eigenvalue weighted by Crippen LogP contribution is 2.27. The first kappa shape index (κ1) is 15.1. The lowest BCUT2D eigenvalue weighted by atomic mass is 10.3. The fourth-order valence-corrected chi connectivity index (χ4v) is 2.58. The highest BCUT2D eigenvalue weighted by Gasteiger charge is 2.16. The summed E-state index contributed by atoms with van der Waals surface area (Å²) in [6, 6.07) is 16.1. The zero-order chi connectivity index (χ0) is 17.2. The molecule has 124 valence electrons. The summed E-state index contributed by atoms with van der Waals surface area (Å²) in [6.07, 6.45) is 1.64. The first-order chi connectivity index (χ1) is 12.3. The van der Waals surface area contributed by atoms with E-state index in [4.69, 9.17) is 0 Å². The van der Waals surface area contributed by atoms with Gasteiger partial charge < -0.3 is 10.6 Å². The molecule has 0 spiro atoms. The summed E-state index contributed by atoms with van der Waals surface area (Å²) in [5.41, 5.74) is 2.45.